The van der Waals surface area contributed by atoms with Gasteiger partial charge >= 0.3 is 5.97 Å². The van der Waals surface area contributed by atoms with Crippen LogP contribution in [0.3, 0.4) is 0 Å². The molecule has 0 saturated carbocycles. The lowest BCUT2D eigenvalue weighted by atomic mass is 9.77. The second-order valence-corrected chi connectivity index (χ2v) is 8.22. The smallest absolute Gasteiger partial charge is 0.336 e. The van der Waals surface area contributed by atoms with E-state index in [1.165, 1.54) is 7.11 Å². The minimum Gasteiger partial charge on any atom is -0.486 e. The van der Waals surface area contributed by atoms with E-state index < -0.39 is 11.9 Å². The molecule has 2 heterocycles. The molecule has 1 atom stereocenters. The van der Waals surface area contributed by atoms with E-state index in [0.717, 1.165) is 28.8 Å². The van der Waals surface area contributed by atoms with Crippen molar-refractivity contribution in [1.82, 2.24) is 5.32 Å². The standard InChI is InChI=1S/C23H22BrNO5/c1-13-20(23(27)28-2)22(21-17(25-13)4-3-5-18(21)26)19-11-10-16(30-19)12-29-15-8-6-14(24)7-9-15/h6-11,22,25H,3-5,12H2,1-2H3/t22-/m1/s1. The first-order valence-electron chi connectivity index (χ1n) is 9.77. The zero-order chi connectivity index (χ0) is 21.3. The van der Waals surface area contributed by atoms with E-state index in [1.54, 1.807) is 6.07 Å². The lowest BCUT2D eigenvalue weighted by Crippen LogP contribution is -2.34. The van der Waals surface area contributed by atoms with Crippen molar-refractivity contribution in [1.29, 1.82) is 0 Å². The van der Waals surface area contributed by atoms with Crippen molar-refractivity contribution < 1.29 is 23.5 Å². The molecule has 1 aliphatic heterocycles. The van der Waals surface area contributed by atoms with Crippen LogP contribution >= 0.6 is 15.9 Å². The summed E-state index contributed by atoms with van der Waals surface area (Å²) in [6.07, 6.45) is 2.02. The first kappa shape index (κ1) is 20.5. The fourth-order valence-electron chi connectivity index (χ4n) is 3.96. The normalized spacial score (nSPS) is 18.8. The van der Waals surface area contributed by atoms with Gasteiger partial charge in [-0.05, 0) is 56.2 Å². The van der Waals surface area contributed by atoms with Crippen molar-refractivity contribution in [2.45, 2.75) is 38.7 Å². The molecule has 0 bridgehead atoms. The number of dihydropyridines is 1. The summed E-state index contributed by atoms with van der Waals surface area (Å²) >= 11 is 3.40. The van der Waals surface area contributed by atoms with E-state index in [9.17, 15) is 9.59 Å². The maximum Gasteiger partial charge on any atom is 0.336 e. The maximum absolute atomic E-state index is 12.8. The molecule has 4 rings (SSSR count). The summed E-state index contributed by atoms with van der Waals surface area (Å²) < 4.78 is 17.8. The maximum atomic E-state index is 12.8. The van der Waals surface area contributed by atoms with E-state index in [-0.39, 0.29) is 12.4 Å². The van der Waals surface area contributed by atoms with Gasteiger partial charge in [0, 0.05) is 27.9 Å². The molecule has 1 N–H and O–H groups in total. The van der Waals surface area contributed by atoms with Gasteiger partial charge in [-0.25, -0.2) is 4.79 Å². The SMILES string of the molecule is COC(=O)C1=C(C)NC2=C(C(=O)CCC2)[C@@H]1c1ccc(COc2ccc(Br)cc2)o1. The Bertz CT molecular complexity index is 1050. The molecule has 0 spiro atoms. The Hall–Kier alpha value is -2.80. The number of furan rings is 1. The van der Waals surface area contributed by atoms with E-state index >= 15 is 0 Å². The van der Waals surface area contributed by atoms with Gasteiger partial charge in [0.25, 0.3) is 0 Å². The van der Waals surface area contributed by atoms with Gasteiger partial charge in [-0.2, -0.15) is 0 Å². The number of benzene rings is 1. The number of Topliss-reactive ketones (excluding diaryl/α,β-unsaturated/α-hetero) is 1. The van der Waals surface area contributed by atoms with E-state index in [4.69, 9.17) is 13.9 Å². The fraction of sp³-hybridized carbons (Fsp3) is 0.304. The van der Waals surface area contributed by atoms with Crippen molar-refractivity contribution in [3.8, 4) is 5.75 Å². The molecule has 1 aromatic heterocycles. The predicted octanol–water partition coefficient (Wildman–Crippen LogP) is 4.76. The number of halogens is 1. The Labute approximate surface area is 183 Å². The van der Waals surface area contributed by atoms with E-state index in [2.05, 4.69) is 21.2 Å². The predicted molar refractivity (Wildman–Crippen MR) is 114 cm³/mol. The molecule has 1 aromatic carbocycles. The number of allylic oxidation sites excluding steroid dienone is 3. The number of methoxy groups -OCH3 is 1. The second kappa shape index (κ2) is 8.52. The van der Waals surface area contributed by atoms with E-state index in [1.807, 2.05) is 37.3 Å². The Morgan fingerprint density at radius 3 is 2.70 bits per heavy atom. The van der Waals surface area contributed by atoms with Gasteiger partial charge in [0.1, 0.15) is 23.9 Å². The minimum absolute atomic E-state index is 0.0340. The van der Waals surface area contributed by atoms with Crippen LogP contribution in [-0.2, 0) is 20.9 Å². The Kier molecular flexibility index (Phi) is 5.81. The van der Waals surface area contributed by atoms with Crippen LogP contribution in [0.4, 0.5) is 0 Å². The zero-order valence-corrected chi connectivity index (χ0v) is 18.4. The number of hydrogen-bond acceptors (Lipinski definition) is 6. The van der Waals surface area contributed by atoms with Crippen LogP contribution in [0.25, 0.3) is 0 Å². The van der Waals surface area contributed by atoms with Crippen molar-refractivity contribution >= 4 is 27.7 Å². The Morgan fingerprint density at radius 2 is 1.97 bits per heavy atom. The number of carbonyl (C=O) groups excluding carboxylic acids is 2. The van der Waals surface area contributed by atoms with Gasteiger partial charge in [0.15, 0.2) is 5.78 Å². The fourth-order valence-corrected chi connectivity index (χ4v) is 4.23. The highest BCUT2D eigenvalue weighted by atomic mass is 79.9. The Balaban J connectivity index is 1.64. The van der Waals surface area contributed by atoms with Crippen molar-refractivity contribution in [2.75, 3.05) is 7.11 Å². The van der Waals surface area contributed by atoms with Gasteiger partial charge in [0.05, 0.1) is 18.6 Å². The highest BCUT2D eigenvalue weighted by Gasteiger charge is 2.40. The first-order chi connectivity index (χ1) is 14.5. The molecule has 1 aliphatic carbocycles. The van der Waals surface area contributed by atoms with Gasteiger partial charge in [-0.3, -0.25) is 4.79 Å². The van der Waals surface area contributed by atoms with Crippen LogP contribution in [-0.4, -0.2) is 18.9 Å². The Morgan fingerprint density at radius 1 is 1.20 bits per heavy atom. The average molecular weight is 472 g/mol. The molecule has 30 heavy (non-hydrogen) atoms. The number of rotatable bonds is 5. The molecule has 156 valence electrons. The molecule has 6 nitrogen and oxygen atoms in total. The minimum atomic E-state index is -0.581. The summed E-state index contributed by atoms with van der Waals surface area (Å²) in [6.45, 7) is 2.06. The molecule has 2 aliphatic rings. The van der Waals surface area contributed by atoms with Crippen LogP contribution in [0.15, 0.2) is 67.8 Å². The quantitative estimate of drug-likeness (QED) is 0.633. The van der Waals surface area contributed by atoms with Gasteiger partial charge < -0.3 is 19.2 Å². The van der Waals surface area contributed by atoms with Crippen molar-refractivity contribution in [3.05, 3.63) is 74.9 Å². The molecule has 0 unspecified atom stereocenters. The molecule has 0 radical (unpaired) electrons. The molecule has 0 saturated heterocycles. The van der Waals surface area contributed by atoms with Crippen molar-refractivity contribution in [3.63, 3.8) is 0 Å². The monoisotopic (exact) mass is 471 g/mol. The molecule has 2 aromatic rings. The second-order valence-electron chi connectivity index (χ2n) is 7.30. The topological polar surface area (TPSA) is 77.8 Å². The van der Waals surface area contributed by atoms with Crippen LogP contribution in [0.1, 0.15) is 43.6 Å². The summed E-state index contributed by atoms with van der Waals surface area (Å²) in [4.78, 5) is 25.3. The number of ketones is 1. The molecule has 7 heteroatoms. The number of hydrogen-bond donors (Lipinski definition) is 1. The van der Waals surface area contributed by atoms with E-state index in [0.29, 0.717) is 34.8 Å². The first-order valence-corrected chi connectivity index (χ1v) is 10.6. The number of ether oxygens (including phenoxy) is 2. The molecule has 0 fully saturated rings. The molecular formula is C23H22BrNO5. The van der Waals surface area contributed by atoms with Crippen LogP contribution in [0.2, 0.25) is 0 Å². The summed E-state index contributed by atoms with van der Waals surface area (Å²) in [5.41, 5.74) is 2.55. The highest BCUT2D eigenvalue weighted by molar-refractivity contribution is 9.10. The third-order valence-corrected chi connectivity index (χ3v) is 5.87. The van der Waals surface area contributed by atoms with Crippen LogP contribution in [0.5, 0.6) is 5.75 Å². The van der Waals surface area contributed by atoms with Crippen LogP contribution in [0, 0.1) is 0 Å². The number of nitrogens with one attached hydrogen (secondary N) is 1. The van der Waals surface area contributed by atoms with Crippen LogP contribution < -0.4 is 10.1 Å². The lowest BCUT2D eigenvalue weighted by Gasteiger charge is -2.32. The van der Waals surface area contributed by atoms with Gasteiger partial charge in [-0.15, -0.1) is 0 Å². The highest BCUT2D eigenvalue weighted by Crippen LogP contribution is 2.43. The third kappa shape index (κ3) is 3.94. The van der Waals surface area contributed by atoms with Crippen molar-refractivity contribution in [2.24, 2.45) is 0 Å². The number of carbonyl (C=O) groups is 2. The summed E-state index contributed by atoms with van der Waals surface area (Å²) in [5.74, 6) is 0.845. The average Bonchev–Trinajstić information content (AvgIpc) is 3.21. The number of esters is 1. The molecule has 0 amide bonds. The summed E-state index contributed by atoms with van der Waals surface area (Å²) in [7, 11) is 1.34. The zero-order valence-electron chi connectivity index (χ0n) is 16.8. The summed E-state index contributed by atoms with van der Waals surface area (Å²) in [5, 5.41) is 3.24. The van der Waals surface area contributed by atoms with Gasteiger partial charge in [-0.1, -0.05) is 15.9 Å². The lowest BCUT2D eigenvalue weighted by molar-refractivity contribution is -0.136. The third-order valence-electron chi connectivity index (χ3n) is 5.34. The largest absolute Gasteiger partial charge is 0.486 e. The van der Waals surface area contributed by atoms with Gasteiger partial charge in [0.2, 0.25) is 0 Å². The molecular weight excluding hydrogens is 450 g/mol. The summed E-state index contributed by atoms with van der Waals surface area (Å²) in [6, 6.07) is 11.1.